The molecule has 0 aliphatic carbocycles. The number of fused-ring (bicyclic) bond motifs is 3. The van der Waals surface area contributed by atoms with Gasteiger partial charge in [0.15, 0.2) is 5.82 Å². The number of nitrogens with one attached hydrogen (secondary N) is 1. The normalized spacial score (nSPS) is 19.4. The van der Waals surface area contributed by atoms with Crippen molar-refractivity contribution >= 4 is 34.7 Å². The topological polar surface area (TPSA) is 123 Å². The minimum Gasteiger partial charge on any atom is -0.444 e. The summed E-state index contributed by atoms with van der Waals surface area (Å²) in [5.41, 5.74) is 1.87. The van der Waals surface area contributed by atoms with Gasteiger partial charge in [0.1, 0.15) is 28.8 Å². The number of rotatable bonds is 7. The zero-order valence-electron chi connectivity index (χ0n) is 21.4. The van der Waals surface area contributed by atoms with E-state index in [2.05, 4.69) is 20.2 Å². The van der Waals surface area contributed by atoms with Crippen LogP contribution in [0.3, 0.4) is 0 Å². The Labute approximate surface area is 210 Å². The predicted molar refractivity (Wildman–Crippen MR) is 134 cm³/mol. The summed E-state index contributed by atoms with van der Waals surface area (Å²) in [7, 11) is 0. The highest BCUT2D eigenvalue weighted by Crippen LogP contribution is 2.36. The van der Waals surface area contributed by atoms with E-state index in [1.807, 2.05) is 44.2 Å². The molecule has 2 atom stereocenters. The second-order valence-electron chi connectivity index (χ2n) is 10.1. The number of hydrogen-bond donors (Lipinski definition) is 1. The zero-order valence-corrected chi connectivity index (χ0v) is 21.4. The molecule has 0 radical (unpaired) electrons. The lowest BCUT2D eigenvalue weighted by Gasteiger charge is -2.35. The monoisotopic (exact) mass is 495 g/mol. The zero-order chi connectivity index (χ0) is 25.4. The molecular formula is C24H33N9O3. The lowest BCUT2D eigenvalue weighted by atomic mass is 10.2. The number of piperazine rings is 1. The van der Waals surface area contributed by atoms with Crippen LogP contribution in [0.2, 0.25) is 0 Å². The van der Waals surface area contributed by atoms with Gasteiger partial charge in [0.05, 0.1) is 30.9 Å². The van der Waals surface area contributed by atoms with Gasteiger partial charge in [0.2, 0.25) is 5.95 Å². The van der Waals surface area contributed by atoms with Gasteiger partial charge in [0, 0.05) is 25.9 Å². The molecular weight excluding hydrogens is 462 g/mol. The first kappa shape index (κ1) is 24.2. The molecule has 0 unspecified atom stereocenters. The number of hydrogen-bond acceptors (Lipinski definition) is 10. The van der Waals surface area contributed by atoms with Gasteiger partial charge in [-0.15, -0.1) is 0 Å². The van der Waals surface area contributed by atoms with E-state index in [1.54, 1.807) is 12.3 Å². The van der Waals surface area contributed by atoms with Gasteiger partial charge in [-0.2, -0.15) is 10.1 Å². The van der Waals surface area contributed by atoms with Gasteiger partial charge in [-0.05, 0) is 47.1 Å². The predicted octanol–water partition coefficient (Wildman–Crippen LogP) is 2.90. The molecule has 5 rings (SSSR count). The third kappa shape index (κ3) is 4.77. The molecule has 2 aliphatic heterocycles. The van der Waals surface area contributed by atoms with E-state index in [-0.39, 0.29) is 18.2 Å². The fourth-order valence-corrected chi connectivity index (χ4v) is 4.83. The largest absolute Gasteiger partial charge is 0.444 e. The van der Waals surface area contributed by atoms with Gasteiger partial charge < -0.3 is 24.6 Å². The molecule has 3 aromatic heterocycles. The molecule has 2 aliphatic rings. The fraction of sp³-hybridized carbons (Fsp3) is 0.583. The van der Waals surface area contributed by atoms with Crippen molar-refractivity contribution in [3.63, 3.8) is 0 Å². The van der Waals surface area contributed by atoms with Crippen molar-refractivity contribution in [2.24, 2.45) is 0 Å². The minimum absolute atomic E-state index is 0.0671. The van der Waals surface area contributed by atoms with E-state index in [0.717, 1.165) is 23.1 Å². The van der Waals surface area contributed by atoms with Crippen molar-refractivity contribution in [3.05, 3.63) is 24.3 Å². The molecule has 2 saturated heterocycles. The first-order chi connectivity index (χ1) is 17.2. The van der Waals surface area contributed by atoms with Crippen LogP contribution < -0.4 is 10.2 Å². The molecule has 0 spiro atoms. The summed E-state index contributed by atoms with van der Waals surface area (Å²) in [5.74, 6) is 1.87. The summed E-state index contributed by atoms with van der Waals surface area (Å²) in [4.78, 5) is 34.9. The Bertz CT molecular complexity index is 1240. The van der Waals surface area contributed by atoms with E-state index in [0.29, 0.717) is 50.4 Å². The molecule has 36 heavy (non-hydrogen) atoms. The first-order valence-corrected chi connectivity index (χ1v) is 12.4. The van der Waals surface area contributed by atoms with Gasteiger partial charge in [-0.1, -0.05) is 0 Å². The number of likely N-dealkylation sites (tertiary alicyclic amines) is 1. The molecule has 2 bridgehead atoms. The Kier molecular flexibility index (Phi) is 6.37. The van der Waals surface area contributed by atoms with Crippen LogP contribution in [0.5, 0.6) is 0 Å². The molecule has 5 heterocycles. The summed E-state index contributed by atoms with van der Waals surface area (Å²) < 4.78 is 13.1. The van der Waals surface area contributed by atoms with Crippen LogP contribution in [0.15, 0.2) is 18.6 Å². The first-order valence-electron chi connectivity index (χ1n) is 12.4. The van der Waals surface area contributed by atoms with Crippen LogP contribution >= 0.6 is 0 Å². The van der Waals surface area contributed by atoms with Gasteiger partial charge in [-0.3, -0.25) is 4.68 Å². The van der Waals surface area contributed by atoms with Crippen LogP contribution in [0.25, 0.3) is 11.0 Å². The second kappa shape index (κ2) is 9.49. The van der Waals surface area contributed by atoms with Gasteiger partial charge in [0.25, 0.3) is 0 Å². The lowest BCUT2D eigenvalue weighted by Crippen LogP contribution is -2.50. The van der Waals surface area contributed by atoms with E-state index in [9.17, 15) is 4.79 Å². The fourth-order valence-electron chi connectivity index (χ4n) is 4.83. The number of ether oxygens (including phenoxy) is 2. The highest BCUT2D eigenvalue weighted by atomic mass is 16.6. The SMILES string of the molecule is CCOCCn1nc(C)c2nc(N3C[C@@H]4C[C@H]3CN4C(=O)OC(C)(C)C)nc(Nc3ccncn3)c21. The maximum absolute atomic E-state index is 12.7. The minimum atomic E-state index is -0.520. The van der Waals surface area contributed by atoms with E-state index in [4.69, 9.17) is 24.5 Å². The molecule has 2 fully saturated rings. The smallest absolute Gasteiger partial charge is 0.410 e. The summed E-state index contributed by atoms with van der Waals surface area (Å²) >= 11 is 0. The van der Waals surface area contributed by atoms with Crippen LogP contribution in [0.1, 0.15) is 39.8 Å². The van der Waals surface area contributed by atoms with Crippen molar-refractivity contribution in [2.75, 3.05) is 36.5 Å². The number of amides is 1. The Hall–Kier alpha value is -3.54. The Morgan fingerprint density at radius 2 is 2.06 bits per heavy atom. The maximum atomic E-state index is 12.7. The number of carbonyl (C=O) groups excluding carboxylic acids is 1. The van der Waals surface area contributed by atoms with Crippen molar-refractivity contribution in [2.45, 2.75) is 65.3 Å². The number of aromatic nitrogens is 6. The molecule has 1 amide bonds. The lowest BCUT2D eigenvalue weighted by molar-refractivity contribution is 0.0214. The molecule has 1 N–H and O–H groups in total. The van der Waals surface area contributed by atoms with Gasteiger partial charge in [-0.25, -0.2) is 19.7 Å². The number of nitrogens with zero attached hydrogens (tertiary/aromatic N) is 8. The van der Waals surface area contributed by atoms with E-state index < -0.39 is 5.60 Å². The summed E-state index contributed by atoms with van der Waals surface area (Å²) in [5, 5.41) is 8.06. The van der Waals surface area contributed by atoms with Crippen LogP contribution in [-0.2, 0) is 16.0 Å². The average molecular weight is 496 g/mol. The molecule has 12 heteroatoms. The molecule has 0 aromatic carbocycles. The van der Waals surface area contributed by atoms with Crippen molar-refractivity contribution < 1.29 is 14.3 Å². The Morgan fingerprint density at radius 1 is 1.22 bits per heavy atom. The molecule has 192 valence electrons. The van der Waals surface area contributed by atoms with Crippen LogP contribution in [0, 0.1) is 6.92 Å². The molecule has 12 nitrogen and oxygen atoms in total. The third-order valence-corrected chi connectivity index (χ3v) is 6.35. The average Bonchev–Trinajstić information content (AvgIpc) is 3.52. The number of aryl methyl sites for hydroxylation is 1. The second-order valence-corrected chi connectivity index (χ2v) is 10.1. The summed E-state index contributed by atoms with van der Waals surface area (Å²) in [6.45, 7) is 12.6. The van der Waals surface area contributed by atoms with Crippen molar-refractivity contribution in [1.29, 1.82) is 0 Å². The number of carbonyl (C=O) groups is 1. The highest BCUT2D eigenvalue weighted by molar-refractivity contribution is 5.90. The standard InChI is InChI=1S/C24H33N9O3/c1-6-35-10-9-33-20-19(15(2)30-33)28-22(29-21(20)27-18-7-8-25-14-26-18)31-12-17-11-16(31)13-32(17)23(34)36-24(3,4)5/h7-8,14,16-17H,6,9-13H2,1-5H3,(H,25,26,27,28,29)/t16-,17-/m0/s1. The molecule has 0 saturated carbocycles. The van der Waals surface area contributed by atoms with Gasteiger partial charge >= 0.3 is 6.09 Å². The Morgan fingerprint density at radius 3 is 2.72 bits per heavy atom. The molecule has 3 aromatic rings. The maximum Gasteiger partial charge on any atom is 0.410 e. The van der Waals surface area contributed by atoms with E-state index >= 15 is 0 Å². The summed E-state index contributed by atoms with van der Waals surface area (Å²) in [6, 6.07) is 1.98. The quantitative estimate of drug-likeness (QED) is 0.489. The number of anilines is 3. The van der Waals surface area contributed by atoms with E-state index in [1.165, 1.54) is 6.33 Å². The van der Waals surface area contributed by atoms with Crippen LogP contribution in [0.4, 0.5) is 22.4 Å². The van der Waals surface area contributed by atoms with Crippen LogP contribution in [-0.4, -0.2) is 84.7 Å². The summed E-state index contributed by atoms with van der Waals surface area (Å²) in [6.07, 6.45) is 3.77. The highest BCUT2D eigenvalue weighted by Gasteiger charge is 2.47. The van der Waals surface area contributed by atoms with Crippen molar-refractivity contribution in [1.82, 2.24) is 34.6 Å². The third-order valence-electron chi connectivity index (χ3n) is 6.35. The Balaban J connectivity index is 1.46. The van der Waals surface area contributed by atoms with Crippen molar-refractivity contribution in [3.8, 4) is 0 Å².